The molecule has 0 bridgehead atoms. The summed E-state index contributed by atoms with van der Waals surface area (Å²) in [7, 11) is 0. The molecule has 0 saturated carbocycles. The van der Waals surface area contributed by atoms with Gasteiger partial charge in [-0.15, -0.1) is 10.2 Å². The number of nitrogens with one attached hydrogen (secondary N) is 1. The van der Waals surface area contributed by atoms with Gasteiger partial charge in [0.15, 0.2) is 9.47 Å². The van der Waals surface area contributed by atoms with Gasteiger partial charge >= 0.3 is 0 Å². The van der Waals surface area contributed by atoms with Crippen molar-refractivity contribution in [2.24, 2.45) is 0 Å². The quantitative estimate of drug-likeness (QED) is 0.621. The molecule has 0 aliphatic rings. The van der Waals surface area contributed by atoms with E-state index in [1.807, 2.05) is 13.8 Å². The van der Waals surface area contributed by atoms with Gasteiger partial charge in [-0.05, 0) is 13.3 Å². The average molecular weight is 329 g/mol. The van der Waals surface area contributed by atoms with Crippen LogP contribution in [0.4, 0.5) is 5.13 Å². The molecule has 2 aromatic rings. The van der Waals surface area contributed by atoms with Crippen molar-refractivity contribution in [1.82, 2.24) is 20.5 Å². The van der Waals surface area contributed by atoms with Crippen molar-refractivity contribution in [3.63, 3.8) is 0 Å². The number of aromatic nitrogens is 3. The Balaban J connectivity index is 1.80. The van der Waals surface area contributed by atoms with E-state index in [1.165, 1.54) is 11.3 Å². The van der Waals surface area contributed by atoms with Gasteiger partial charge in [-0.2, -0.15) is 0 Å². The van der Waals surface area contributed by atoms with E-state index in [2.05, 4.69) is 20.5 Å². The SMILES string of the molecule is CCc1nc(N)sc1C(=O)NCCSc1nnc(C)s1. The molecule has 0 aliphatic heterocycles. The lowest BCUT2D eigenvalue weighted by molar-refractivity contribution is 0.0959. The van der Waals surface area contributed by atoms with Gasteiger partial charge in [-0.1, -0.05) is 41.4 Å². The van der Waals surface area contributed by atoms with Crippen molar-refractivity contribution in [3.8, 4) is 0 Å². The molecule has 108 valence electrons. The Morgan fingerprint density at radius 1 is 1.40 bits per heavy atom. The van der Waals surface area contributed by atoms with Gasteiger partial charge in [-0.3, -0.25) is 4.79 Å². The zero-order valence-electron chi connectivity index (χ0n) is 11.2. The maximum Gasteiger partial charge on any atom is 0.263 e. The van der Waals surface area contributed by atoms with Gasteiger partial charge in [0.05, 0.1) is 5.69 Å². The van der Waals surface area contributed by atoms with Crippen LogP contribution in [0.2, 0.25) is 0 Å². The van der Waals surface area contributed by atoms with Crippen LogP contribution in [0.15, 0.2) is 4.34 Å². The summed E-state index contributed by atoms with van der Waals surface area (Å²) in [6, 6.07) is 0. The molecule has 20 heavy (non-hydrogen) atoms. The van der Waals surface area contributed by atoms with E-state index in [0.717, 1.165) is 20.8 Å². The lowest BCUT2D eigenvalue weighted by atomic mass is 10.3. The Labute approximate surface area is 129 Å². The van der Waals surface area contributed by atoms with E-state index in [4.69, 9.17) is 5.73 Å². The number of hydrogen-bond acceptors (Lipinski definition) is 8. The first kappa shape index (κ1) is 15.2. The molecular weight excluding hydrogens is 314 g/mol. The topological polar surface area (TPSA) is 93.8 Å². The number of thioether (sulfide) groups is 1. The summed E-state index contributed by atoms with van der Waals surface area (Å²) < 4.78 is 0.924. The second-order valence-corrected chi connectivity index (χ2v) is 7.43. The van der Waals surface area contributed by atoms with E-state index in [1.54, 1.807) is 23.1 Å². The van der Waals surface area contributed by atoms with E-state index >= 15 is 0 Å². The Morgan fingerprint density at radius 2 is 2.20 bits per heavy atom. The molecule has 2 aromatic heterocycles. The molecule has 0 aliphatic carbocycles. The summed E-state index contributed by atoms with van der Waals surface area (Å²) in [6.45, 7) is 4.45. The van der Waals surface area contributed by atoms with Crippen LogP contribution in [0, 0.1) is 6.92 Å². The Kier molecular flexibility index (Phi) is 5.32. The zero-order valence-corrected chi connectivity index (χ0v) is 13.6. The fourth-order valence-electron chi connectivity index (χ4n) is 1.51. The molecule has 2 heterocycles. The predicted molar refractivity (Wildman–Crippen MR) is 83.6 cm³/mol. The number of amides is 1. The number of hydrogen-bond donors (Lipinski definition) is 2. The van der Waals surface area contributed by atoms with Crippen molar-refractivity contribution in [1.29, 1.82) is 0 Å². The number of carbonyl (C=O) groups excluding carboxylic acids is 1. The summed E-state index contributed by atoms with van der Waals surface area (Å²) in [6.07, 6.45) is 0.704. The highest BCUT2D eigenvalue weighted by molar-refractivity contribution is 8.01. The normalized spacial score (nSPS) is 10.7. The molecule has 0 radical (unpaired) electrons. The molecule has 0 fully saturated rings. The van der Waals surface area contributed by atoms with Gasteiger partial charge in [0.2, 0.25) is 0 Å². The predicted octanol–water partition coefficient (Wildman–Crippen LogP) is 1.97. The van der Waals surface area contributed by atoms with Crippen molar-refractivity contribution in [2.45, 2.75) is 24.6 Å². The number of carbonyl (C=O) groups is 1. The molecule has 0 aromatic carbocycles. The first-order valence-electron chi connectivity index (χ1n) is 6.06. The standard InChI is InChI=1S/C11H15N5OS3/c1-3-7-8(20-10(12)14-7)9(17)13-4-5-18-11-16-15-6(2)19-11/h3-5H2,1-2H3,(H2,12,14)(H,13,17). The monoisotopic (exact) mass is 329 g/mol. The number of aryl methyl sites for hydroxylation is 2. The molecule has 1 amide bonds. The van der Waals surface area contributed by atoms with Crippen molar-refractivity contribution < 1.29 is 4.79 Å². The van der Waals surface area contributed by atoms with E-state index in [-0.39, 0.29) is 5.91 Å². The highest BCUT2D eigenvalue weighted by Crippen LogP contribution is 2.22. The largest absolute Gasteiger partial charge is 0.375 e. The summed E-state index contributed by atoms with van der Waals surface area (Å²) in [5.41, 5.74) is 6.40. The lowest BCUT2D eigenvalue weighted by Gasteiger charge is -2.03. The fourth-order valence-corrected chi connectivity index (χ4v) is 4.09. The summed E-state index contributed by atoms with van der Waals surface area (Å²) in [5.74, 6) is 0.654. The summed E-state index contributed by atoms with van der Waals surface area (Å²) in [5, 5.41) is 12.2. The van der Waals surface area contributed by atoms with E-state index in [9.17, 15) is 4.79 Å². The van der Waals surface area contributed by atoms with E-state index in [0.29, 0.717) is 23.0 Å². The second kappa shape index (κ2) is 7.00. The van der Waals surface area contributed by atoms with Crippen molar-refractivity contribution in [3.05, 3.63) is 15.6 Å². The van der Waals surface area contributed by atoms with Gasteiger partial charge in [0.25, 0.3) is 5.91 Å². The minimum atomic E-state index is -0.106. The number of nitrogen functional groups attached to an aromatic ring is 1. The number of thiazole rings is 1. The van der Waals surface area contributed by atoms with Gasteiger partial charge < -0.3 is 11.1 Å². The highest BCUT2D eigenvalue weighted by Gasteiger charge is 2.15. The Bertz CT molecular complexity index is 595. The second-order valence-electron chi connectivity index (χ2n) is 3.87. The molecule has 0 atom stereocenters. The number of nitrogens with two attached hydrogens (primary N) is 1. The van der Waals surface area contributed by atoms with Crippen molar-refractivity contribution >= 4 is 45.5 Å². The van der Waals surface area contributed by atoms with Crippen LogP contribution in [0.25, 0.3) is 0 Å². The van der Waals surface area contributed by atoms with Crippen LogP contribution in [-0.2, 0) is 6.42 Å². The molecule has 2 rings (SSSR count). The third-order valence-electron chi connectivity index (χ3n) is 2.38. The summed E-state index contributed by atoms with van der Waals surface area (Å²) >= 11 is 4.38. The van der Waals surface area contributed by atoms with Gasteiger partial charge in [0, 0.05) is 12.3 Å². The van der Waals surface area contributed by atoms with Crippen LogP contribution in [-0.4, -0.2) is 33.4 Å². The average Bonchev–Trinajstić information content (AvgIpc) is 3.00. The van der Waals surface area contributed by atoms with Gasteiger partial charge in [0.1, 0.15) is 9.88 Å². The van der Waals surface area contributed by atoms with Crippen LogP contribution >= 0.6 is 34.4 Å². The first-order chi connectivity index (χ1) is 9.60. The minimum absolute atomic E-state index is 0.106. The van der Waals surface area contributed by atoms with Crippen LogP contribution in [0.5, 0.6) is 0 Å². The molecule has 6 nitrogen and oxygen atoms in total. The van der Waals surface area contributed by atoms with Crippen LogP contribution in [0.3, 0.4) is 0 Å². The molecule has 0 saturated heterocycles. The van der Waals surface area contributed by atoms with Crippen molar-refractivity contribution in [2.75, 3.05) is 18.0 Å². The lowest BCUT2D eigenvalue weighted by Crippen LogP contribution is -2.25. The maximum atomic E-state index is 12.0. The first-order valence-corrected chi connectivity index (χ1v) is 8.68. The van der Waals surface area contributed by atoms with E-state index < -0.39 is 0 Å². The molecular formula is C11H15N5OS3. The minimum Gasteiger partial charge on any atom is -0.375 e. The third-order valence-corrected chi connectivity index (χ3v) is 5.27. The molecule has 3 N–H and O–H groups in total. The zero-order chi connectivity index (χ0) is 14.5. The van der Waals surface area contributed by atoms with Crippen LogP contribution < -0.4 is 11.1 Å². The molecule has 0 spiro atoms. The highest BCUT2D eigenvalue weighted by atomic mass is 32.2. The Hall–Kier alpha value is -1.19. The number of rotatable bonds is 6. The van der Waals surface area contributed by atoms with Gasteiger partial charge in [-0.25, -0.2) is 4.98 Å². The fraction of sp³-hybridized carbons (Fsp3) is 0.455. The number of anilines is 1. The number of nitrogens with zero attached hydrogens (tertiary/aromatic N) is 3. The third kappa shape index (κ3) is 3.90. The Morgan fingerprint density at radius 3 is 2.85 bits per heavy atom. The molecule has 9 heteroatoms. The maximum absolute atomic E-state index is 12.0. The smallest absolute Gasteiger partial charge is 0.263 e. The summed E-state index contributed by atoms with van der Waals surface area (Å²) in [4.78, 5) is 16.8. The van der Waals surface area contributed by atoms with Crippen LogP contribution in [0.1, 0.15) is 27.3 Å². The molecule has 0 unspecified atom stereocenters.